The maximum atomic E-state index is 12.0. The van der Waals surface area contributed by atoms with Gasteiger partial charge in [0, 0.05) is 28.8 Å². The lowest BCUT2D eigenvalue weighted by atomic mass is 10.0. The van der Waals surface area contributed by atoms with Crippen molar-refractivity contribution in [3.8, 4) is 0 Å². The standard InChI is InChI=1S/C20H21N3O.2C2H6/c1-3-5-13(2)17-10-11-23(22-17)12-14-8-9-18-19-15(14)6-4-7-16(19)20(24)21-18;2*1-2/h4,6-11,13H,3,5,12H2,1-2H3,(H,21,24);2*1-2H3. The van der Waals surface area contributed by atoms with Gasteiger partial charge in [-0.25, -0.2) is 0 Å². The van der Waals surface area contributed by atoms with Crippen molar-refractivity contribution >= 4 is 22.4 Å². The molecule has 0 fully saturated rings. The lowest BCUT2D eigenvalue weighted by Gasteiger charge is -2.09. The highest BCUT2D eigenvalue weighted by Crippen LogP contribution is 2.35. The first-order chi connectivity index (χ1) is 13.7. The fraction of sp³-hybridized carbons (Fsp3) is 0.417. The smallest absolute Gasteiger partial charge is 0.256 e. The number of nitrogens with zero attached hydrogens (tertiary/aromatic N) is 2. The van der Waals surface area contributed by atoms with Crippen LogP contribution in [0.2, 0.25) is 0 Å². The van der Waals surface area contributed by atoms with Gasteiger partial charge >= 0.3 is 0 Å². The van der Waals surface area contributed by atoms with E-state index in [1.165, 1.54) is 12.0 Å². The molecule has 0 spiro atoms. The van der Waals surface area contributed by atoms with E-state index in [1.54, 1.807) is 0 Å². The van der Waals surface area contributed by atoms with Gasteiger partial charge in [-0.1, -0.05) is 66.2 Å². The van der Waals surface area contributed by atoms with Crippen LogP contribution in [0, 0.1) is 0 Å². The second-order valence-corrected chi connectivity index (χ2v) is 6.58. The minimum absolute atomic E-state index is 0.0116. The van der Waals surface area contributed by atoms with Gasteiger partial charge in [0.2, 0.25) is 0 Å². The largest absolute Gasteiger partial charge is 0.321 e. The van der Waals surface area contributed by atoms with Crippen LogP contribution in [0.1, 0.15) is 81.9 Å². The first-order valence-corrected chi connectivity index (χ1v) is 10.6. The molecule has 1 N–H and O–H groups in total. The normalized spacial score (nSPS) is 12.6. The number of carbonyl (C=O) groups excluding carboxylic acids is 1. The van der Waals surface area contributed by atoms with Crippen LogP contribution < -0.4 is 5.32 Å². The zero-order chi connectivity index (χ0) is 20.7. The molecular formula is C24H33N3O. The molecule has 2 heterocycles. The number of carbonyl (C=O) groups is 1. The molecule has 0 radical (unpaired) electrons. The van der Waals surface area contributed by atoms with E-state index >= 15 is 0 Å². The molecule has 4 rings (SSSR count). The van der Waals surface area contributed by atoms with Gasteiger partial charge in [0.25, 0.3) is 5.91 Å². The fourth-order valence-corrected chi connectivity index (χ4v) is 3.57. The van der Waals surface area contributed by atoms with Crippen molar-refractivity contribution in [2.45, 2.75) is 66.8 Å². The minimum Gasteiger partial charge on any atom is -0.321 e. The van der Waals surface area contributed by atoms with Gasteiger partial charge in [0.05, 0.1) is 12.2 Å². The van der Waals surface area contributed by atoms with Crippen LogP contribution in [0.4, 0.5) is 5.69 Å². The lowest BCUT2D eigenvalue weighted by molar-refractivity contribution is 0.103. The maximum Gasteiger partial charge on any atom is 0.256 e. The summed E-state index contributed by atoms with van der Waals surface area (Å²) in [4.78, 5) is 12.0. The summed E-state index contributed by atoms with van der Waals surface area (Å²) in [6.45, 7) is 13.1. The molecule has 4 heteroatoms. The number of nitrogens with one attached hydrogen (secondary N) is 1. The summed E-state index contributed by atoms with van der Waals surface area (Å²) in [5, 5.41) is 9.84. The van der Waals surface area contributed by atoms with Gasteiger partial charge in [-0.2, -0.15) is 5.10 Å². The van der Waals surface area contributed by atoms with E-state index in [1.807, 2.05) is 56.8 Å². The van der Waals surface area contributed by atoms with E-state index in [9.17, 15) is 4.79 Å². The van der Waals surface area contributed by atoms with E-state index in [-0.39, 0.29) is 5.91 Å². The number of amides is 1. The predicted molar refractivity (Wildman–Crippen MR) is 119 cm³/mol. The van der Waals surface area contributed by atoms with Crippen LogP contribution in [-0.4, -0.2) is 15.7 Å². The molecule has 28 heavy (non-hydrogen) atoms. The number of benzene rings is 2. The zero-order valence-corrected chi connectivity index (χ0v) is 18.0. The Hall–Kier alpha value is -2.62. The Morgan fingerprint density at radius 1 is 1.07 bits per heavy atom. The average molecular weight is 380 g/mol. The van der Waals surface area contributed by atoms with E-state index < -0.39 is 0 Å². The van der Waals surface area contributed by atoms with Crippen molar-refractivity contribution in [3.05, 3.63) is 59.4 Å². The highest BCUT2D eigenvalue weighted by molar-refractivity contribution is 6.24. The van der Waals surface area contributed by atoms with E-state index in [2.05, 4.69) is 37.4 Å². The summed E-state index contributed by atoms with van der Waals surface area (Å²) >= 11 is 0. The number of anilines is 1. The van der Waals surface area contributed by atoms with Gasteiger partial charge in [0.15, 0.2) is 0 Å². The van der Waals surface area contributed by atoms with Gasteiger partial charge < -0.3 is 5.32 Å². The lowest BCUT2D eigenvalue weighted by Crippen LogP contribution is -2.03. The van der Waals surface area contributed by atoms with Gasteiger partial charge in [-0.05, 0) is 35.6 Å². The average Bonchev–Trinajstić information content (AvgIpc) is 3.33. The molecule has 0 aliphatic carbocycles. The fourth-order valence-electron chi connectivity index (χ4n) is 3.57. The van der Waals surface area contributed by atoms with Crippen molar-refractivity contribution in [2.24, 2.45) is 0 Å². The summed E-state index contributed by atoms with van der Waals surface area (Å²) in [6, 6.07) is 12.1. The molecule has 0 saturated heterocycles. The minimum atomic E-state index is -0.0116. The van der Waals surface area contributed by atoms with E-state index in [0.717, 1.165) is 34.1 Å². The summed E-state index contributed by atoms with van der Waals surface area (Å²) in [5.74, 6) is 0.480. The highest BCUT2D eigenvalue weighted by atomic mass is 16.1. The Morgan fingerprint density at radius 3 is 2.54 bits per heavy atom. The Bertz CT molecular complexity index is 927. The van der Waals surface area contributed by atoms with Crippen LogP contribution in [-0.2, 0) is 6.54 Å². The van der Waals surface area contributed by atoms with Crippen molar-refractivity contribution in [2.75, 3.05) is 5.32 Å². The monoisotopic (exact) mass is 379 g/mol. The van der Waals surface area contributed by atoms with Crippen molar-refractivity contribution in [1.82, 2.24) is 9.78 Å². The van der Waals surface area contributed by atoms with Crippen LogP contribution in [0.25, 0.3) is 10.8 Å². The van der Waals surface area contributed by atoms with Crippen molar-refractivity contribution in [1.29, 1.82) is 0 Å². The molecule has 1 unspecified atom stereocenters. The molecule has 1 aliphatic heterocycles. The molecular weight excluding hydrogens is 346 g/mol. The summed E-state index contributed by atoms with van der Waals surface area (Å²) in [7, 11) is 0. The maximum absolute atomic E-state index is 12.0. The first-order valence-electron chi connectivity index (χ1n) is 10.6. The van der Waals surface area contributed by atoms with Gasteiger partial charge in [0.1, 0.15) is 0 Å². The zero-order valence-electron chi connectivity index (χ0n) is 18.0. The molecule has 0 saturated carbocycles. The van der Waals surface area contributed by atoms with Crippen LogP contribution in [0.5, 0.6) is 0 Å². The number of rotatable bonds is 5. The van der Waals surface area contributed by atoms with Crippen LogP contribution in [0.3, 0.4) is 0 Å². The van der Waals surface area contributed by atoms with Crippen LogP contribution >= 0.6 is 0 Å². The quantitative estimate of drug-likeness (QED) is 0.542. The molecule has 4 nitrogen and oxygen atoms in total. The molecule has 1 aliphatic rings. The third-order valence-electron chi connectivity index (χ3n) is 4.84. The van der Waals surface area contributed by atoms with Crippen LogP contribution in [0.15, 0.2) is 42.6 Å². The molecule has 1 atom stereocenters. The summed E-state index contributed by atoms with van der Waals surface area (Å²) in [6.07, 6.45) is 4.38. The highest BCUT2D eigenvalue weighted by Gasteiger charge is 2.22. The SMILES string of the molecule is CC.CC.CCCC(C)c1ccn(Cc2ccc3c4c(cccc24)C(=O)N3)n1. The third kappa shape index (κ3) is 4.27. The molecule has 1 aromatic heterocycles. The van der Waals surface area contributed by atoms with E-state index in [0.29, 0.717) is 12.5 Å². The second-order valence-electron chi connectivity index (χ2n) is 6.58. The number of hydrogen-bond donors (Lipinski definition) is 1. The first kappa shape index (κ1) is 21.7. The van der Waals surface area contributed by atoms with Crippen molar-refractivity contribution < 1.29 is 4.79 Å². The van der Waals surface area contributed by atoms with Gasteiger partial charge in [-0.3, -0.25) is 9.48 Å². The topological polar surface area (TPSA) is 46.9 Å². The Balaban J connectivity index is 0.000000660. The predicted octanol–water partition coefficient (Wildman–Crippen LogP) is 6.61. The number of aromatic nitrogens is 2. The summed E-state index contributed by atoms with van der Waals surface area (Å²) in [5.41, 5.74) is 4.01. The third-order valence-corrected chi connectivity index (χ3v) is 4.84. The molecule has 150 valence electrons. The second kappa shape index (κ2) is 10.1. The Kier molecular flexibility index (Phi) is 7.80. The molecule has 0 bridgehead atoms. The van der Waals surface area contributed by atoms with E-state index in [4.69, 9.17) is 5.10 Å². The Labute approximate surface area is 169 Å². The molecule has 2 aromatic carbocycles. The van der Waals surface area contributed by atoms with Gasteiger partial charge in [-0.15, -0.1) is 0 Å². The summed E-state index contributed by atoms with van der Waals surface area (Å²) < 4.78 is 2.00. The molecule has 1 amide bonds. The molecule has 3 aromatic rings. The Morgan fingerprint density at radius 2 is 1.82 bits per heavy atom. The van der Waals surface area contributed by atoms with Crippen molar-refractivity contribution in [3.63, 3.8) is 0 Å². The number of hydrogen-bond acceptors (Lipinski definition) is 2.